The Morgan fingerprint density at radius 1 is 1.39 bits per heavy atom. The highest BCUT2D eigenvalue weighted by Crippen LogP contribution is 2.28. The Balaban J connectivity index is 1.93. The molecule has 1 aromatic rings. The highest BCUT2D eigenvalue weighted by Gasteiger charge is 2.20. The Morgan fingerprint density at radius 3 is 2.83 bits per heavy atom. The zero-order chi connectivity index (χ0) is 13.0. The maximum absolute atomic E-state index is 3.61. The molecule has 1 aromatic carbocycles. The molecular weight excluding hydrogens is 306 g/mol. The molecular formula is C15H22BrNS. The van der Waals surface area contributed by atoms with Crippen LogP contribution in [-0.2, 0) is 6.54 Å². The quantitative estimate of drug-likeness (QED) is 0.719. The Labute approximate surface area is 123 Å². The maximum atomic E-state index is 3.61. The van der Waals surface area contributed by atoms with Crippen LogP contribution in [0.25, 0.3) is 0 Å². The normalized spacial score (nSPS) is 15.3. The van der Waals surface area contributed by atoms with E-state index >= 15 is 0 Å². The van der Waals surface area contributed by atoms with E-state index in [0.717, 1.165) is 18.5 Å². The molecule has 0 aromatic heterocycles. The van der Waals surface area contributed by atoms with Gasteiger partial charge in [0.05, 0.1) is 0 Å². The molecule has 0 spiro atoms. The van der Waals surface area contributed by atoms with Gasteiger partial charge in [-0.2, -0.15) is 0 Å². The predicted molar refractivity (Wildman–Crippen MR) is 84.2 cm³/mol. The third-order valence-electron chi connectivity index (χ3n) is 3.13. The van der Waals surface area contributed by atoms with E-state index in [-0.39, 0.29) is 0 Å². The van der Waals surface area contributed by atoms with E-state index in [1.807, 2.05) is 11.8 Å². The van der Waals surface area contributed by atoms with Crippen molar-refractivity contribution in [1.82, 2.24) is 5.32 Å². The lowest BCUT2D eigenvalue weighted by atomic mass is 10.2. The summed E-state index contributed by atoms with van der Waals surface area (Å²) >= 11 is 5.57. The van der Waals surface area contributed by atoms with E-state index < -0.39 is 0 Å². The average molecular weight is 328 g/mol. The summed E-state index contributed by atoms with van der Waals surface area (Å²) in [7, 11) is 0. The summed E-state index contributed by atoms with van der Waals surface area (Å²) in [6, 6.07) is 7.43. The van der Waals surface area contributed by atoms with Crippen LogP contribution in [0.15, 0.2) is 27.6 Å². The van der Waals surface area contributed by atoms with Crippen LogP contribution < -0.4 is 5.32 Å². The Bertz CT molecular complexity index is 388. The summed E-state index contributed by atoms with van der Waals surface area (Å²) in [6.07, 6.45) is 3.99. The molecule has 0 saturated heterocycles. The lowest BCUT2D eigenvalue weighted by Gasteiger charge is -2.11. The number of rotatable bonds is 7. The first-order valence-electron chi connectivity index (χ1n) is 6.80. The van der Waals surface area contributed by atoms with Gasteiger partial charge in [0.15, 0.2) is 0 Å². The van der Waals surface area contributed by atoms with Crippen LogP contribution in [-0.4, -0.2) is 11.8 Å². The van der Waals surface area contributed by atoms with Crippen molar-refractivity contribution in [2.24, 2.45) is 5.92 Å². The topological polar surface area (TPSA) is 12.0 Å². The number of thioether (sulfide) groups is 1. The number of nitrogens with one attached hydrogen (secondary N) is 1. The van der Waals surface area contributed by atoms with Crippen LogP contribution in [0.4, 0.5) is 0 Å². The molecule has 3 heteroatoms. The molecule has 0 aliphatic heterocycles. The first-order chi connectivity index (χ1) is 8.65. The van der Waals surface area contributed by atoms with Crippen molar-refractivity contribution in [2.75, 3.05) is 5.75 Å². The second-order valence-electron chi connectivity index (χ2n) is 5.44. The largest absolute Gasteiger partial charge is 0.310 e. The summed E-state index contributed by atoms with van der Waals surface area (Å²) in [5.74, 6) is 2.01. The molecule has 100 valence electrons. The Morgan fingerprint density at radius 2 is 2.17 bits per heavy atom. The second-order valence-corrected chi connectivity index (χ2v) is 7.49. The standard InChI is InChI=1S/C15H22BrNS/c1-11(2)7-8-18-15-6-3-13(16)9-12(15)10-17-14-4-5-14/h3,6,9,11,14,17H,4-5,7-8,10H2,1-2H3. The molecule has 0 radical (unpaired) electrons. The van der Waals surface area contributed by atoms with Crippen LogP contribution in [0.1, 0.15) is 38.7 Å². The van der Waals surface area contributed by atoms with Gasteiger partial charge in [0, 0.05) is 22.0 Å². The van der Waals surface area contributed by atoms with Gasteiger partial charge in [-0.05, 0) is 54.7 Å². The third-order valence-corrected chi connectivity index (χ3v) is 4.78. The van der Waals surface area contributed by atoms with Gasteiger partial charge >= 0.3 is 0 Å². The number of halogens is 1. The van der Waals surface area contributed by atoms with Gasteiger partial charge in [-0.25, -0.2) is 0 Å². The number of benzene rings is 1. The van der Waals surface area contributed by atoms with E-state index in [9.17, 15) is 0 Å². The summed E-state index contributed by atoms with van der Waals surface area (Å²) in [5.41, 5.74) is 1.44. The molecule has 1 fully saturated rings. The van der Waals surface area contributed by atoms with Crippen LogP contribution in [0, 0.1) is 5.92 Å². The van der Waals surface area contributed by atoms with Crippen molar-refractivity contribution in [1.29, 1.82) is 0 Å². The maximum Gasteiger partial charge on any atom is 0.0219 e. The van der Waals surface area contributed by atoms with Gasteiger partial charge in [-0.3, -0.25) is 0 Å². The fourth-order valence-corrected chi connectivity index (χ4v) is 3.47. The summed E-state index contributed by atoms with van der Waals surface area (Å²) in [5, 5.41) is 3.61. The molecule has 1 aliphatic carbocycles. The smallest absolute Gasteiger partial charge is 0.0219 e. The molecule has 0 amide bonds. The monoisotopic (exact) mass is 327 g/mol. The molecule has 2 rings (SSSR count). The zero-order valence-corrected chi connectivity index (χ0v) is 13.6. The molecule has 0 heterocycles. The summed E-state index contributed by atoms with van der Waals surface area (Å²) < 4.78 is 1.18. The minimum Gasteiger partial charge on any atom is -0.310 e. The van der Waals surface area contributed by atoms with Crippen LogP contribution in [0.2, 0.25) is 0 Å². The van der Waals surface area contributed by atoms with Crippen molar-refractivity contribution in [3.63, 3.8) is 0 Å². The van der Waals surface area contributed by atoms with Crippen molar-refractivity contribution >= 4 is 27.7 Å². The Hall–Kier alpha value is 0.01000. The average Bonchev–Trinajstić information content (AvgIpc) is 3.12. The molecule has 1 aliphatic rings. The lowest BCUT2D eigenvalue weighted by Crippen LogP contribution is -2.15. The highest BCUT2D eigenvalue weighted by atomic mass is 79.9. The van der Waals surface area contributed by atoms with Crippen molar-refractivity contribution in [3.05, 3.63) is 28.2 Å². The van der Waals surface area contributed by atoms with Crippen molar-refractivity contribution < 1.29 is 0 Å². The van der Waals surface area contributed by atoms with Gasteiger partial charge in [0.1, 0.15) is 0 Å². The molecule has 0 atom stereocenters. The fraction of sp³-hybridized carbons (Fsp3) is 0.600. The second kappa shape index (κ2) is 6.97. The first kappa shape index (κ1) is 14.4. The SMILES string of the molecule is CC(C)CCSc1ccc(Br)cc1CNC1CC1. The van der Waals surface area contributed by atoms with Gasteiger partial charge in [-0.1, -0.05) is 29.8 Å². The highest BCUT2D eigenvalue weighted by molar-refractivity contribution is 9.10. The zero-order valence-electron chi connectivity index (χ0n) is 11.2. The van der Waals surface area contributed by atoms with Gasteiger partial charge < -0.3 is 5.32 Å². The predicted octanol–water partition coefficient (Wildman–Crippen LogP) is 4.84. The van der Waals surface area contributed by atoms with Crippen LogP contribution >= 0.6 is 27.7 Å². The molecule has 0 unspecified atom stereocenters. The summed E-state index contributed by atoms with van der Waals surface area (Å²) in [4.78, 5) is 1.44. The summed E-state index contributed by atoms with van der Waals surface area (Å²) in [6.45, 7) is 5.59. The lowest BCUT2D eigenvalue weighted by molar-refractivity contribution is 0.631. The fourth-order valence-electron chi connectivity index (χ4n) is 1.77. The van der Waals surface area contributed by atoms with Gasteiger partial charge in [0.25, 0.3) is 0 Å². The first-order valence-corrected chi connectivity index (χ1v) is 8.57. The van der Waals surface area contributed by atoms with Crippen molar-refractivity contribution in [3.8, 4) is 0 Å². The number of hydrogen-bond donors (Lipinski definition) is 1. The van der Waals surface area contributed by atoms with E-state index in [2.05, 4.69) is 53.3 Å². The number of hydrogen-bond acceptors (Lipinski definition) is 2. The molecule has 1 nitrogen and oxygen atoms in total. The minimum atomic E-state index is 0.775. The van der Waals surface area contributed by atoms with Crippen LogP contribution in [0.3, 0.4) is 0 Å². The molecule has 1 N–H and O–H groups in total. The van der Waals surface area contributed by atoms with Gasteiger partial charge in [0.2, 0.25) is 0 Å². The van der Waals surface area contributed by atoms with E-state index in [1.54, 1.807) is 0 Å². The molecule has 0 bridgehead atoms. The van der Waals surface area contributed by atoms with E-state index in [4.69, 9.17) is 0 Å². The van der Waals surface area contributed by atoms with Crippen LogP contribution in [0.5, 0.6) is 0 Å². The minimum absolute atomic E-state index is 0.775. The molecule has 18 heavy (non-hydrogen) atoms. The van der Waals surface area contributed by atoms with E-state index in [1.165, 1.54) is 39.9 Å². The Kier molecular flexibility index (Phi) is 5.58. The van der Waals surface area contributed by atoms with E-state index in [0.29, 0.717) is 0 Å². The molecule has 1 saturated carbocycles. The van der Waals surface area contributed by atoms with Gasteiger partial charge in [-0.15, -0.1) is 11.8 Å². The third kappa shape index (κ3) is 4.94. The van der Waals surface area contributed by atoms with Crippen molar-refractivity contribution in [2.45, 2.75) is 50.6 Å².